The Balaban J connectivity index is 1.36. The lowest BCUT2D eigenvalue weighted by Crippen LogP contribution is -2.06. The third kappa shape index (κ3) is 3.12. The van der Waals surface area contributed by atoms with Crippen molar-refractivity contribution in [2.45, 2.75) is 0 Å². The van der Waals surface area contributed by atoms with Gasteiger partial charge in [-0.3, -0.25) is 15.0 Å². The number of para-hydroxylation sites is 1. The van der Waals surface area contributed by atoms with Crippen LogP contribution in [0.3, 0.4) is 0 Å². The highest BCUT2D eigenvalue weighted by molar-refractivity contribution is 6.16. The lowest BCUT2D eigenvalue weighted by molar-refractivity contribution is 1.29. The number of anilines is 1. The van der Waals surface area contributed by atoms with E-state index < -0.39 is 0 Å². The Morgan fingerprint density at radius 3 is 2.47 bits per heavy atom. The van der Waals surface area contributed by atoms with Gasteiger partial charge in [-0.25, -0.2) is 4.98 Å². The van der Waals surface area contributed by atoms with Crippen LogP contribution in [0.25, 0.3) is 72.1 Å². The first-order chi connectivity index (χ1) is 18.8. The van der Waals surface area contributed by atoms with Crippen LogP contribution in [0.4, 0.5) is 5.69 Å². The van der Waals surface area contributed by atoms with E-state index in [-0.39, 0.29) is 0 Å². The van der Waals surface area contributed by atoms with Crippen molar-refractivity contribution in [3.8, 4) is 22.4 Å². The molecule has 178 valence electrons. The summed E-state index contributed by atoms with van der Waals surface area (Å²) >= 11 is 0. The molecule has 0 saturated heterocycles. The number of benzene rings is 3. The number of rotatable bonds is 2. The van der Waals surface area contributed by atoms with Gasteiger partial charge in [-0.05, 0) is 30.3 Å². The van der Waals surface area contributed by atoms with E-state index in [2.05, 4.69) is 83.1 Å². The highest BCUT2D eigenvalue weighted by Crippen LogP contribution is 2.39. The summed E-state index contributed by atoms with van der Waals surface area (Å²) in [6, 6.07) is 27.2. The molecule has 5 heterocycles. The van der Waals surface area contributed by atoms with Gasteiger partial charge in [-0.15, -0.1) is 0 Å². The molecule has 0 fully saturated rings. The van der Waals surface area contributed by atoms with Gasteiger partial charge in [0, 0.05) is 68.9 Å². The summed E-state index contributed by atoms with van der Waals surface area (Å²) in [5, 5.41) is 7.83. The maximum atomic E-state index is 5.03. The fourth-order valence-corrected chi connectivity index (χ4v) is 5.64. The van der Waals surface area contributed by atoms with Crippen molar-refractivity contribution < 1.29 is 0 Å². The quantitative estimate of drug-likeness (QED) is 0.200. The highest BCUT2D eigenvalue weighted by atomic mass is 14.9. The maximum absolute atomic E-state index is 5.03. The Bertz CT molecular complexity index is 2080. The average molecular weight is 488 g/mol. The second-order valence-electron chi connectivity index (χ2n) is 9.54. The van der Waals surface area contributed by atoms with Crippen LogP contribution >= 0.6 is 0 Å². The van der Waals surface area contributed by atoms with Crippen molar-refractivity contribution in [3.05, 3.63) is 109 Å². The van der Waals surface area contributed by atoms with Crippen LogP contribution in [0.15, 0.2) is 104 Å². The van der Waals surface area contributed by atoms with Crippen molar-refractivity contribution in [1.82, 2.24) is 19.9 Å². The summed E-state index contributed by atoms with van der Waals surface area (Å²) in [6.45, 7) is 0.809. The Kier molecular flexibility index (Phi) is 4.52. The van der Waals surface area contributed by atoms with Crippen LogP contribution in [0.1, 0.15) is 5.56 Å². The van der Waals surface area contributed by atoms with Gasteiger partial charge in [0.05, 0.1) is 33.4 Å². The molecule has 0 saturated carbocycles. The van der Waals surface area contributed by atoms with Crippen LogP contribution in [0.2, 0.25) is 0 Å². The lowest BCUT2D eigenvalue weighted by atomic mass is 9.94. The van der Waals surface area contributed by atoms with Gasteiger partial charge in [0.2, 0.25) is 0 Å². The highest BCUT2D eigenvalue weighted by Gasteiger charge is 2.17. The monoisotopic (exact) mass is 487 g/mol. The molecule has 0 unspecified atom stereocenters. The first kappa shape index (κ1) is 21.0. The van der Waals surface area contributed by atoms with Gasteiger partial charge in [-0.1, -0.05) is 60.7 Å². The van der Waals surface area contributed by atoms with E-state index in [9.17, 15) is 0 Å². The zero-order chi connectivity index (χ0) is 25.1. The normalized spacial score (nSPS) is 12.7. The Morgan fingerprint density at radius 2 is 1.55 bits per heavy atom. The predicted molar refractivity (Wildman–Crippen MR) is 156 cm³/mol. The van der Waals surface area contributed by atoms with E-state index in [1.165, 1.54) is 0 Å². The minimum absolute atomic E-state index is 0.809. The largest absolute Gasteiger partial charge is 0.379 e. The number of hydrogen-bond donors (Lipinski definition) is 1. The summed E-state index contributed by atoms with van der Waals surface area (Å²) in [5.41, 5.74) is 10.1. The van der Waals surface area contributed by atoms with Crippen LogP contribution < -0.4 is 5.32 Å². The summed E-state index contributed by atoms with van der Waals surface area (Å²) in [7, 11) is 0. The summed E-state index contributed by atoms with van der Waals surface area (Å²) in [4.78, 5) is 19.4. The average Bonchev–Trinajstić information content (AvgIpc) is 2.99. The molecule has 4 aromatic heterocycles. The fraction of sp³-hybridized carbons (Fsp3) is 0.0303. The van der Waals surface area contributed by atoms with Crippen molar-refractivity contribution in [3.63, 3.8) is 0 Å². The Morgan fingerprint density at radius 1 is 0.684 bits per heavy atom. The van der Waals surface area contributed by atoms with Crippen LogP contribution in [0, 0.1) is 0 Å². The molecule has 1 N–H and O–H groups in total. The molecule has 7 aromatic rings. The minimum Gasteiger partial charge on any atom is -0.379 e. The fourth-order valence-electron chi connectivity index (χ4n) is 5.64. The standard InChI is InChI=1S/C33H21N5/c1-2-10-28-24(8-1)29(25-13-11-20-6-3-15-34-30(20)33(25)38-28)22-12-14-27(37-19-22)26-18-21-7-4-16-35-31(21)32-23(26)9-5-17-36-32/h1-15,17-19,35H,16H2. The number of fused-ring (bicyclic) bond motifs is 7. The third-order valence-corrected chi connectivity index (χ3v) is 7.37. The van der Waals surface area contributed by atoms with Crippen molar-refractivity contribution >= 4 is 55.4 Å². The first-order valence-electron chi connectivity index (χ1n) is 12.7. The van der Waals surface area contributed by atoms with Gasteiger partial charge < -0.3 is 5.32 Å². The van der Waals surface area contributed by atoms with E-state index in [0.29, 0.717) is 0 Å². The van der Waals surface area contributed by atoms with Gasteiger partial charge >= 0.3 is 0 Å². The number of hydrogen-bond acceptors (Lipinski definition) is 5. The van der Waals surface area contributed by atoms with Gasteiger partial charge in [0.1, 0.15) is 0 Å². The predicted octanol–water partition coefficient (Wildman–Crippen LogP) is 7.65. The topological polar surface area (TPSA) is 63.6 Å². The molecule has 3 aromatic carbocycles. The van der Waals surface area contributed by atoms with Crippen LogP contribution in [-0.2, 0) is 0 Å². The second kappa shape index (κ2) is 8.18. The molecule has 0 spiro atoms. The van der Waals surface area contributed by atoms with E-state index in [1.807, 2.05) is 36.8 Å². The van der Waals surface area contributed by atoms with Gasteiger partial charge in [0.25, 0.3) is 0 Å². The number of nitrogens with zero attached hydrogens (tertiary/aromatic N) is 4. The Hall–Kier alpha value is -5.16. The van der Waals surface area contributed by atoms with Gasteiger partial charge in [-0.2, -0.15) is 0 Å². The van der Waals surface area contributed by atoms with Crippen molar-refractivity contribution in [2.75, 3.05) is 11.9 Å². The molecule has 0 amide bonds. The molecular formula is C33H21N5. The summed E-state index contributed by atoms with van der Waals surface area (Å²) in [5.74, 6) is 0. The zero-order valence-corrected chi connectivity index (χ0v) is 20.4. The zero-order valence-electron chi connectivity index (χ0n) is 20.4. The molecule has 5 nitrogen and oxygen atoms in total. The molecule has 0 bridgehead atoms. The summed E-state index contributed by atoms with van der Waals surface area (Å²) < 4.78 is 0. The second-order valence-corrected chi connectivity index (χ2v) is 9.54. The van der Waals surface area contributed by atoms with Crippen LogP contribution in [0.5, 0.6) is 0 Å². The van der Waals surface area contributed by atoms with Crippen LogP contribution in [-0.4, -0.2) is 26.5 Å². The summed E-state index contributed by atoms with van der Waals surface area (Å²) in [6.07, 6.45) is 9.95. The molecule has 8 rings (SSSR count). The first-order valence-corrected chi connectivity index (χ1v) is 12.7. The van der Waals surface area contributed by atoms with Gasteiger partial charge in [0.15, 0.2) is 0 Å². The SMILES string of the molecule is C1=Cc2cc(-c3ccc(-c4c5ccccc5nc5c4ccc4cccnc45)cn3)c3cccnc3c2NC1. The smallest absolute Gasteiger partial charge is 0.0978 e. The minimum atomic E-state index is 0.809. The molecule has 0 aliphatic carbocycles. The Labute approximate surface area is 218 Å². The number of aromatic nitrogens is 4. The molecule has 5 heteroatoms. The molecule has 0 atom stereocenters. The van der Waals surface area contributed by atoms with E-state index in [1.54, 1.807) is 0 Å². The van der Waals surface area contributed by atoms with E-state index in [4.69, 9.17) is 15.0 Å². The molecule has 1 aliphatic rings. The van der Waals surface area contributed by atoms with E-state index in [0.717, 1.165) is 83.8 Å². The lowest BCUT2D eigenvalue weighted by Gasteiger charge is -2.18. The van der Waals surface area contributed by atoms with E-state index >= 15 is 0 Å². The molecule has 0 radical (unpaired) electrons. The third-order valence-electron chi connectivity index (χ3n) is 7.37. The number of nitrogens with one attached hydrogen (secondary N) is 1. The van der Waals surface area contributed by atoms with Crippen molar-refractivity contribution in [1.29, 1.82) is 0 Å². The molecular weight excluding hydrogens is 466 g/mol. The number of pyridine rings is 4. The van der Waals surface area contributed by atoms with Crippen molar-refractivity contribution in [2.24, 2.45) is 0 Å². The molecule has 38 heavy (non-hydrogen) atoms. The molecule has 1 aliphatic heterocycles. The maximum Gasteiger partial charge on any atom is 0.0978 e.